The fourth-order valence-electron chi connectivity index (χ4n) is 2.91. The molecule has 0 aliphatic carbocycles. The average Bonchev–Trinajstić information content (AvgIpc) is 2.69. The number of nitrogen functional groups attached to an aromatic ring is 1. The first-order chi connectivity index (χ1) is 13.3. The van der Waals surface area contributed by atoms with Gasteiger partial charge in [-0.1, -0.05) is 44.2 Å². The molecule has 1 atom stereocenters. The van der Waals surface area contributed by atoms with E-state index < -0.39 is 29.6 Å². The number of hydrogen-bond donors (Lipinski definition) is 1. The zero-order valence-corrected chi connectivity index (χ0v) is 16.3. The van der Waals surface area contributed by atoms with Gasteiger partial charge in [-0.25, -0.2) is 4.79 Å². The lowest BCUT2D eigenvalue weighted by Crippen LogP contribution is -2.43. The Hall–Kier alpha value is -3.16. The molecule has 0 unspecified atom stereocenters. The lowest BCUT2D eigenvalue weighted by atomic mass is 9.98. The molecule has 0 aliphatic heterocycles. The third-order valence-corrected chi connectivity index (χ3v) is 4.52. The van der Waals surface area contributed by atoms with Gasteiger partial charge in [0.05, 0.1) is 6.42 Å². The summed E-state index contributed by atoms with van der Waals surface area (Å²) in [5.74, 6) is -1.56. The largest absolute Gasteiger partial charge is 0.457 e. The molecule has 0 spiro atoms. The van der Waals surface area contributed by atoms with Crippen LogP contribution in [0.5, 0.6) is 0 Å². The van der Waals surface area contributed by atoms with E-state index in [1.807, 2.05) is 44.2 Å². The molecule has 0 bridgehead atoms. The molecular formula is C20H25N3O5. The molecule has 0 amide bonds. The molecule has 0 saturated carbocycles. The summed E-state index contributed by atoms with van der Waals surface area (Å²) in [6.45, 7) is 3.39. The van der Waals surface area contributed by atoms with Gasteiger partial charge in [0.15, 0.2) is 6.61 Å². The number of nitrogens with zero attached hydrogens (tertiary/aromatic N) is 2. The van der Waals surface area contributed by atoms with Crippen molar-refractivity contribution in [1.82, 2.24) is 9.13 Å². The lowest BCUT2D eigenvalue weighted by Gasteiger charge is -2.14. The molecule has 0 saturated heterocycles. The average molecular weight is 387 g/mol. The van der Waals surface area contributed by atoms with Crippen molar-refractivity contribution in [2.24, 2.45) is 7.05 Å². The highest BCUT2D eigenvalue weighted by atomic mass is 16.5. The van der Waals surface area contributed by atoms with Gasteiger partial charge in [0, 0.05) is 13.6 Å². The van der Waals surface area contributed by atoms with Crippen LogP contribution in [0.3, 0.4) is 0 Å². The first-order valence-electron chi connectivity index (χ1n) is 9.11. The normalized spacial score (nSPS) is 11.8. The van der Waals surface area contributed by atoms with Gasteiger partial charge in [-0.15, -0.1) is 0 Å². The minimum atomic E-state index is -0.798. The van der Waals surface area contributed by atoms with E-state index in [4.69, 9.17) is 10.5 Å². The summed E-state index contributed by atoms with van der Waals surface area (Å²) < 4.78 is 7.06. The standard InChI is InChI=1S/C20H25N3O5/c1-4-10-23-18(21)17(19(26)22(3)20(23)27)15(24)12-28-16(25)11-13(2)14-8-6-5-7-9-14/h5-9,13H,4,10-12,21H2,1-3H3/t13-/m0/s1. The van der Waals surface area contributed by atoms with Crippen LogP contribution in [0.4, 0.5) is 5.82 Å². The lowest BCUT2D eigenvalue weighted by molar-refractivity contribution is -0.142. The Morgan fingerprint density at radius 3 is 2.43 bits per heavy atom. The van der Waals surface area contributed by atoms with Crippen molar-refractivity contribution < 1.29 is 14.3 Å². The minimum absolute atomic E-state index is 0.0757. The highest BCUT2D eigenvalue weighted by Gasteiger charge is 2.22. The van der Waals surface area contributed by atoms with E-state index in [2.05, 4.69) is 0 Å². The maximum Gasteiger partial charge on any atom is 0.332 e. The molecule has 1 heterocycles. The molecular weight excluding hydrogens is 362 g/mol. The highest BCUT2D eigenvalue weighted by Crippen LogP contribution is 2.19. The summed E-state index contributed by atoms with van der Waals surface area (Å²) in [5.41, 5.74) is 5.15. The minimum Gasteiger partial charge on any atom is -0.457 e. The number of rotatable bonds is 8. The van der Waals surface area contributed by atoms with Crippen LogP contribution in [0.15, 0.2) is 39.9 Å². The monoisotopic (exact) mass is 387 g/mol. The number of Topliss-reactive ketones (excluding diaryl/α,β-unsaturated/α-hetero) is 1. The van der Waals surface area contributed by atoms with E-state index in [9.17, 15) is 19.2 Å². The Labute approximate surface area is 162 Å². The number of ketones is 1. The number of ether oxygens (including phenoxy) is 1. The van der Waals surface area contributed by atoms with E-state index in [1.165, 1.54) is 11.6 Å². The van der Waals surface area contributed by atoms with Crippen molar-refractivity contribution in [3.63, 3.8) is 0 Å². The fourth-order valence-corrected chi connectivity index (χ4v) is 2.91. The van der Waals surface area contributed by atoms with Crippen molar-refractivity contribution in [3.05, 3.63) is 62.3 Å². The Morgan fingerprint density at radius 2 is 1.82 bits per heavy atom. The topological polar surface area (TPSA) is 113 Å². The number of carbonyl (C=O) groups excluding carboxylic acids is 2. The quantitative estimate of drug-likeness (QED) is 0.542. The third-order valence-electron chi connectivity index (χ3n) is 4.52. The molecule has 8 heteroatoms. The maximum atomic E-state index is 12.5. The Balaban J connectivity index is 2.12. The van der Waals surface area contributed by atoms with E-state index >= 15 is 0 Å². The smallest absolute Gasteiger partial charge is 0.332 e. The molecule has 28 heavy (non-hydrogen) atoms. The molecule has 150 valence electrons. The van der Waals surface area contributed by atoms with Crippen LogP contribution in [-0.2, 0) is 23.1 Å². The first-order valence-corrected chi connectivity index (χ1v) is 9.11. The number of esters is 1. The van der Waals surface area contributed by atoms with Gasteiger partial charge in [0.25, 0.3) is 5.56 Å². The number of aromatic nitrogens is 2. The van der Waals surface area contributed by atoms with Crippen LogP contribution in [-0.4, -0.2) is 27.5 Å². The SMILES string of the molecule is CCCn1c(N)c(C(=O)COC(=O)C[C@H](C)c2ccccc2)c(=O)n(C)c1=O. The van der Waals surface area contributed by atoms with Gasteiger partial charge in [-0.3, -0.25) is 23.5 Å². The van der Waals surface area contributed by atoms with Crippen molar-refractivity contribution >= 4 is 17.6 Å². The number of nitrogens with two attached hydrogens (primary N) is 1. The van der Waals surface area contributed by atoms with Crippen molar-refractivity contribution in [1.29, 1.82) is 0 Å². The van der Waals surface area contributed by atoms with Gasteiger partial charge >= 0.3 is 11.7 Å². The van der Waals surface area contributed by atoms with E-state index in [1.54, 1.807) is 0 Å². The van der Waals surface area contributed by atoms with Gasteiger partial charge in [-0.05, 0) is 17.9 Å². The van der Waals surface area contributed by atoms with Crippen LogP contribution < -0.4 is 17.0 Å². The fraction of sp³-hybridized carbons (Fsp3) is 0.400. The molecule has 2 N–H and O–H groups in total. The summed E-state index contributed by atoms with van der Waals surface area (Å²) in [6.07, 6.45) is 0.697. The summed E-state index contributed by atoms with van der Waals surface area (Å²) in [7, 11) is 1.28. The summed E-state index contributed by atoms with van der Waals surface area (Å²) in [4.78, 5) is 49.0. The zero-order valence-electron chi connectivity index (χ0n) is 16.3. The second-order valence-corrected chi connectivity index (χ2v) is 6.66. The van der Waals surface area contributed by atoms with Crippen LogP contribution in [0.25, 0.3) is 0 Å². The van der Waals surface area contributed by atoms with Gasteiger partial charge in [-0.2, -0.15) is 0 Å². The predicted molar refractivity (Wildman–Crippen MR) is 105 cm³/mol. The highest BCUT2D eigenvalue weighted by molar-refractivity contribution is 6.01. The maximum absolute atomic E-state index is 12.5. The predicted octanol–water partition coefficient (Wildman–Crippen LogP) is 1.46. The molecule has 0 aliphatic rings. The molecule has 0 fully saturated rings. The van der Waals surface area contributed by atoms with Gasteiger partial charge < -0.3 is 10.5 Å². The van der Waals surface area contributed by atoms with Crippen LogP contribution in [0.2, 0.25) is 0 Å². The summed E-state index contributed by atoms with van der Waals surface area (Å²) in [5, 5.41) is 0. The van der Waals surface area contributed by atoms with Crippen LogP contribution >= 0.6 is 0 Å². The van der Waals surface area contributed by atoms with Crippen molar-refractivity contribution in [2.45, 2.75) is 39.2 Å². The third kappa shape index (κ3) is 4.57. The Kier molecular flexibility index (Phi) is 6.92. The van der Waals surface area contributed by atoms with Gasteiger partial charge in [0.1, 0.15) is 11.4 Å². The molecule has 1 aromatic heterocycles. The number of anilines is 1. The second kappa shape index (κ2) is 9.16. The van der Waals surface area contributed by atoms with Crippen LogP contribution in [0, 0.1) is 0 Å². The van der Waals surface area contributed by atoms with E-state index in [0.717, 1.165) is 10.1 Å². The number of carbonyl (C=O) groups is 2. The Bertz CT molecular complexity index is 976. The summed E-state index contributed by atoms with van der Waals surface area (Å²) in [6, 6.07) is 9.46. The number of benzene rings is 1. The van der Waals surface area contributed by atoms with Crippen molar-refractivity contribution in [2.75, 3.05) is 12.3 Å². The molecule has 2 aromatic rings. The zero-order chi connectivity index (χ0) is 20.8. The Morgan fingerprint density at radius 1 is 1.18 bits per heavy atom. The van der Waals surface area contributed by atoms with Gasteiger partial charge in [0.2, 0.25) is 5.78 Å². The van der Waals surface area contributed by atoms with Crippen molar-refractivity contribution in [3.8, 4) is 0 Å². The number of hydrogen-bond acceptors (Lipinski definition) is 6. The molecule has 1 aromatic carbocycles. The van der Waals surface area contributed by atoms with E-state index in [0.29, 0.717) is 6.42 Å². The van der Waals surface area contributed by atoms with Crippen LogP contribution in [0.1, 0.15) is 48.5 Å². The molecule has 0 radical (unpaired) electrons. The first kappa shape index (κ1) is 21.1. The molecule has 2 rings (SSSR count). The second-order valence-electron chi connectivity index (χ2n) is 6.66. The summed E-state index contributed by atoms with van der Waals surface area (Å²) >= 11 is 0. The molecule has 8 nitrogen and oxygen atoms in total. The van der Waals surface area contributed by atoms with E-state index in [-0.39, 0.29) is 30.3 Å².